The molecule has 0 bridgehead atoms. The summed E-state index contributed by atoms with van der Waals surface area (Å²) in [6, 6.07) is 11.7. The summed E-state index contributed by atoms with van der Waals surface area (Å²) in [5.41, 5.74) is 9.49. The molecule has 0 spiro atoms. The van der Waals surface area contributed by atoms with Crippen LogP contribution >= 0.6 is 0 Å². The number of ether oxygens (including phenoxy) is 1. The lowest BCUT2D eigenvalue weighted by Crippen LogP contribution is -2.05. The number of nitrogen functional groups attached to an aromatic ring is 1. The Morgan fingerprint density at radius 3 is 2.88 bits per heavy atom. The van der Waals surface area contributed by atoms with Gasteiger partial charge in [-0.2, -0.15) is 15.0 Å². The first-order valence-corrected chi connectivity index (χ1v) is 7.73. The fraction of sp³-hybridized carbons (Fsp3) is 0.188. The minimum absolute atomic E-state index is 0.256. The fourth-order valence-electron chi connectivity index (χ4n) is 2.50. The van der Waals surface area contributed by atoms with Crippen molar-refractivity contribution in [2.75, 3.05) is 5.73 Å². The van der Waals surface area contributed by atoms with E-state index >= 15 is 0 Å². The number of fused-ring (bicyclic) bond motifs is 1. The van der Waals surface area contributed by atoms with Crippen LogP contribution in [0.2, 0.25) is 0 Å². The van der Waals surface area contributed by atoms with E-state index in [1.54, 1.807) is 10.9 Å². The summed E-state index contributed by atoms with van der Waals surface area (Å²) in [5, 5.41) is 19.3. The van der Waals surface area contributed by atoms with Gasteiger partial charge in [0.25, 0.3) is 0 Å². The number of aryl methyl sites for hydroxylation is 1. The molecule has 0 radical (unpaired) electrons. The number of aromatic amines is 1. The second kappa shape index (κ2) is 6.19. The average Bonchev–Trinajstić information content (AvgIpc) is 3.20. The van der Waals surface area contributed by atoms with Crippen LogP contribution in [0.3, 0.4) is 0 Å². The van der Waals surface area contributed by atoms with Gasteiger partial charge in [-0.1, -0.05) is 35.5 Å². The van der Waals surface area contributed by atoms with Crippen molar-refractivity contribution in [3.8, 4) is 5.75 Å². The first-order valence-electron chi connectivity index (χ1n) is 7.73. The van der Waals surface area contributed by atoms with E-state index in [4.69, 9.17) is 10.5 Å². The lowest BCUT2D eigenvalue weighted by atomic mass is 10.2. The van der Waals surface area contributed by atoms with E-state index in [0.29, 0.717) is 29.3 Å². The van der Waals surface area contributed by atoms with Crippen LogP contribution in [0.5, 0.6) is 5.75 Å². The van der Waals surface area contributed by atoms with Gasteiger partial charge in [-0.3, -0.25) is 0 Å². The number of nitrogens with zero attached hydrogens (tertiary/aromatic N) is 6. The van der Waals surface area contributed by atoms with E-state index in [2.05, 4.69) is 30.6 Å². The zero-order chi connectivity index (χ0) is 17.2. The summed E-state index contributed by atoms with van der Waals surface area (Å²) >= 11 is 0. The number of nitrogens with two attached hydrogens (primary N) is 1. The maximum absolute atomic E-state index is 5.83. The van der Waals surface area contributed by atoms with Crippen molar-refractivity contribution in [2.45, 2.75) is 20.1 Å². The number of anilines is 1. The molecule has 0 fully saturated rings. The summed E-state index contributed by atoms with van der Waals surface area (Å²) in [6.45, 7) is 2.77. The van der Waals surface area contributed by atoms with Crippen LogP contribution in [-0.4, -0.2) is 35.4 Å². The van der Waals surface area contributed by atoms with E-state index in [1.165, 1.54) is 0 Å². The van der Waals surface area contributed by atoms with E-state index in [-0.39, 0.29) is 6.61 Å². The van der Waals surface area contributed by atoms with Crippen LogP contribution in [0.25, 0.3) is 11.2 Å². The summed E-state index contributed by atoms with van der Waals surface area (Å²) in [6.07, 6.45) is 0. The van der Waals surface area contributed by atoms with Crippen molar-refractivity contribution >= 4 is 17.0 Å². The van der Waals surface area contributed by atoms with Gasteiger partial charge in [-0.25, -0.2) is 10.1 Å². The largest absolute Gasteiger partial charge is 0.485 e. The molecule has 0 aliphatic heterocycles. The fourth-order valence-corrected chi connectivity index (χ4v) is 2.50. The van der Waals surface area contributed by atoms with Crippen molar-refractivity contribution in [3.05, 3.63) is 53.3 Å². The number of hydrogen-bond acceptors (Lipinski definition) is 7. The zero-order valence-electron chi connectivity index (χ0n) is 13.5. The zero-order valence-corrected chi connectivity index (χ0v) is 13.5. The topological polar surface area (TPSA) is 120 Å². The number of pyridine rings is 1. The molecule has 1 aromatic carbocycles. The van der Waals surface area contributed by atoms with Crippen LogP contribution in [0.15, 0.2) is 36.4 Å². The Balaban J connectivity index is 1.52. The third kappa shape index (κ3) is 3.11. The molecular weight excluding hydrogens is 320 g/mol. The molecule has 0 atom stereocenters. The summed E-state index contributed by atoms with van der Waals surface area (Å²) in [4.78, 5) is 5.77. The predicted molar refractivity (Wildman–Crippen MR) is 90.7 cm³/mol. The molecule has 25 heavy (non-hydrogen) atoms. The molecule has 9 nitrogen and oxygen atoms in total. The molecule has 3 N–H and O–H groups in total. The molecule has 0 aliphatic rings. The Morgan fingerprint density at radius 1 is 1.20 bits per heavy atom. The summed E-state index contributed by atoms with van der Waals surface area (Å²) in [7, 11) is 0. The van der Waals surface area contributed by atoms with Crippen molar-refractivity contribution in [1.82, 2.24) is 35.4 Å². The second-order valence-corrected chi connectivity index (χ2v) is 5.59. The Labute approximate surface area is 142 Å². The van der Waals surface area contributed by atoms with Gasteiger partial charge < -0.3 is 10.5 Å². The lowest BCUT2D eigenvalue weighted by Gasteiger charge is -2.05. The Kier molecular flexibility index (Phi) is 3.73. The highest BCUT2D eigenvalue weighted by Crippen LogP contribution is 2.24. The smallest absolute Gasteiger partial charge is 0.181 e. The molecule has 0 amide bonds. The molecule has 3 heterocycles. The van der Waals surface area contributed by atoms with E-state index in [0.717, 1.165) is 17.0 Å². The van der Waals surface area contributed by atoms with Crippen molar-refractivity contribution in [1.29, 1.82) is 0 Å². The minimum atomic E-state index is 0.256. The van der Waals surface area contributed by atoms with Gasteiger partial charge >= 0.3 is 0 Å². The quantitative estimate of drug-likeness (QED) is 0.566. The first kappa shape index (κ1) is 15.1. The third-order valence-electron chi connectivity index (χ3n) is 3.73. The standard InChI is InChI=1S/C16H16N8O/c1-10-12(22-24(21-10)8-11-5-3-2-4-6-11)9-25-13-7-14(17)18-16-15(13)19-23-20-16/h2-7H,8-9H2,1H3,(H3,17,18,19,20,23). The molecule has 0 saturated heterocycles. The molecule has 0 unspecified atom stereocenters. The van der Waals surface area contributed by atoms with Gasteiger partial charge in [0.15, 0.2) is 16.9 Å². The summed E-state index contributed by atoms with van der Waals surface area (Å²) < 4.78 is 5.83. The average molecular weight is 336 g/mol. The number of nitrogens with one attached hydrogen (secondary N) is 1. The molecule has 0 aliphatic carbocycles. The third-order valence-corrected chi connectivity index (χ3v) is 3.73. The lowest BCUT2D eigenvalue weighted by molar-refractivity contribution is 0.302. The van der Waals surface area contributed by atoms with Gasteiger partial charge in [0.1, 0.15) is 18.1 Å². The number of benzene rings is 1. The Hall–Kier alpha value is -3.49. The number of rotatable bonds is 5. The highest BCUT2D eigenvalue weighted by Gasteiger charge is 2.12. The highest BCUT2D eigenvalue weighted by molar-refractivity contribution is 5.78. The van der Waals surface area contributed by atoms with Crippen LogP contribution in [0.4, 0.5) is 5.82 Å². The van der Waals surface area contributed by atoms with Crippen LogP contribution in [0.1, 0.15) is 17.0 Å². The number of aromatic nitrogens is 7. The Morgan fingerprint density at radius 2 is 2.04 bits per heavy atom. The second-order valence-electron chi connectivity index (χ2n) is 5.59. The van der Waals surface area contributed by atoms with E-state index in [9.17, 15) is 0 Å². The van der Waals surface area contributed by atoms with E-state index in [1.807, 2.05) is 37.3 Å². The maximum Gasteiger partial charge on any atom is 0.181 e. The van der Waals surface area contributed by atoms with Gasteiger partial charge in [-0.05, 0) is 12.5 Å². The van der Waals surface area contributed by atoms with Gasteiger partial charge in [-0.15, -0.1) is 5.10 Å². The van der Waals surface area contributed by atoms with Crippen molar-refractivity contribution in [2.24, 2.45) is 0 Å². The van der Waals surface area contributed by atoms with Crippen molar-refractivity contribution < 1.29 is 4.74 Å². The molecule has 0 saturated carbocycles. The Bertz CT molecular complexity index is 1010. The van der Waals surface area contributed by atoms with Gasteiger partial charge in [0.2, 0.25) is 0 Å². The van der Waals surface area contributed by atoms with Crippen LogP contribution < -0.4 is 10.5 Å². The SMILES string of the molecule is Cc1nn(Cc2ccccc2)nc1COc1cc(N)nc2[nH]nnc12. The van der Waals surface area contributed by atoms with Crippen LogP contribution in [0, 0.1) is 6.92 Å². The number of H-pyrrole nitrogens is 1. The van der Waals surface area contributed by atoms with Gasteiger partial charge in [0, 0.05) is 6.07 Å². The predicted octanol–water partition coefficient (Wildman–Crippen LogP) is 1.46. The monoisotopic (exact) mass is 336 g/mol. The minimum Gasteiger partial charge on any atom is -0.485 e. The maximum atomic E-state index is 5.83. The molecular formula is C16H16N8O. The van der Waals surface area contributed by atoms with E-state index < -0.39 is 0 Å². The highest BCUT2D eigenvalue weighted by atomic mass is 16.5. The molecule has 126 valence electrons. The van der Waals surface area contributed by atoms with Gasteiger partial charge in [0.05, 0.1) is 12.2 Å². The molecule has 9 heteroatoms. The summed E-state index contributed by atoms with van der Waals surface area (Å²) in [5.74, 6) is 0.839. The van der Waals surface area contributed by atoms with Crippen molar-refractivity contribution in [3.63, 3.8) is 0 Å². The first-order chi connectivity index (χ1) is 12.2. The number of hydrogen-bond donors (Lipinski definition) is 2. The molecule has 3 aromatic heterocycles. The normalized spacial score (nSPS) is 11.1. The van der Waals surface area contributed by atoms with Crippen LogP contribution in [-0.2, 0) is 13.2 Å². The molecule has 4 aromatic rings. The molecule has 4 rings (SSSR count).